The third kappa shape index (κ3) is 11.4. The Hall–Kier alpha value is 0.348. The molecule has 0 atom stereocenters. The standard InChI is InChI=1S/C14H38O13Si4/c1-8-18-29(19-9-2,20-10-3)26-31(23-13-6,24-14-7)27-30(21-11-4,22-12-5)25-28(15,16)17/h15-17H,8-14H2,1-7H3. The zero-order chi connectivity index (χ0) is 24.0. The van der Waals surface area contributed by atoms with E-state index in [4.69, 9.17) is 43.3 Å². The smallest absolute Gasteiger partial charge is 0.368 e. The van der Waals surface area contributed by atoms with Gasteiger partial charge in [0.2, 0.25) is 0 Å². The van der Waals surface area contributed by atoms with Gasteiger partial charge in [0.15, 0.2) is 0 Å². The van der Waals surface area contributed by atoms with E-state index in [1.54, 1.807) is 48.5 Å². The van der Waals surface area contributed by atoms with Gasteiger partial charge in [0.25, 0.3) is 0 Å². The lowest BCUT2D eigenvalue weighted by Gasteiger charge is -2.39. The molecule has 0 aliphatic heterocycles. The Kier molecular flexibility index (Phi) is 15.5. The van der Waals surface area contributed by atoms with Crippen LogP contribution in [0, 0.1) is 0 Å². The predicted octanol–water partition coefficient (Wildman–Crippen LogP) is 0.0110. The molecule has 0 radical (unpaired) electrons. The Labute approximate surface area is 188 Å². The summed E-state index contributed by atoms with van der Waals surface area (Å²) in [4.78, 5) is 28.8. The zero-order valence-electron chi connectivity index (χ0n) is 19.4. The maximum absolute atomic E-state index is 9.60. The fourth-order valence-corrected chi connectivity index (χ4v) is 12.6. The van der Waals surface area contributed by atoms with Crippen molar-refractivity contribution in [3.63, 3.8) is 0 Å². The van der Waals surface area contributed by atoms with E-state index in [9.17, 15) is 14.4 Å². The Balaban J connectivity index is 6.39. The lowest BCUT2D eigenvalue weighted by Crippen LogP contribution is -2.69. The van der Waals surface area contributed by atoms with Gasteiger partial charge in [-0.1, -0.05) is 0 Å². The van der Waals surface area contributed by atoms with Crippen molar-refractivity contribution >= 4 is 36.2 Å². The highest BCUT2D eigenvalue weighted by atomic mass is 28.5. The minimum Gasteiger partial charge on any atom is -0.368 e. The van der Waals surface area contributed by atoms with E-state index >= 15 is 0 Å². The first-order chi connectivity index (χ1) is 14.5. The van der Waals surface area contributed by atoms with Gasteiger partial charge in [-0.15, -0.1) is 0 Å². The van der Waals surface area contributed by atoms with Crippen LogP contribution in [-0.4, -0.2) is 96.8 Å². The van der Waals surface area contributed by atoms with E-state index < -0.39 is 36.2 Å². The van der Waals surface area contributed by atoms with Crippen molar-refractivity contribution in [3.05, 3.63) is 0 Å². The lowest BCUT2D eigenvalue weighted by molar-refractivity contribution is -0.0744. The fourth-order valence-electron chi connectivity index (χ4n) is 2.29. The molecule has 0 amide bonds. The first-order valence-corrected chi connectivity index (χ1v) is 16.9. The van der Waals surface area contributed by atoms with Gasteiger partial charge in [0, 0.05) is 46.2 Å². The monoisotopic (exact) mass is 526 g/mol. The van der Waals surface area contributed by atoms with Crippen LogP contribution in [0.5, 0.6) is 0 Å². The largest absolute Gasteiger partial charge is 0.673 e. The molecule has 3 N–H and O–H groups in total. The molecule has 13 nitrogen and oxygen atoms in total. The molecule has 0 aromatic rings. The number of hydrogen-bond donors (Lipinski definition) is 3. The van der Waals surface area contributed by atoms with E-state index in [0.717, 1.165) is 0 Å². The average molecular weight is 527 g/mol. The molecule has 0 heterocycles. The Bertz CT molecular complexity index is 439. The first-order valence-electron chi connectivity index (χ1n) is 10.3. The van der Waals surface area contributed by atoms with Gasteiger partial charge in [-0.25, -0.2) is 0 Å². The van der Waals surface area contributed by atoms with Gasteiger partial charge in [-0.05, 0) is 48.5 Å². The Morgan fingerprint density at radius 1 is 0.387 bits per heavy atom. The van der Waals surface area contributed by atoms with Crippen molar-refractivity contribution in [3.8, 4) is 0 Å². The normalized spacial score (nSPS) is 13.7. The summed E-state index contributed by atoms with van der Waals surface area (Å²) in [7, 11) is -17.7. The lowest BCUT2D eigenvalue weighted by atomic mass is 10.9. The van der Waals surface area contributed by atoms with E-state index in [-0.39, 0.29) is 46.2 Å². The highest BCUT2D eigenvalue weighted by molar-refractivity contribution is 6.77. The maximum atomic E-state index is 9.60. The number of rotatable bonds is 20. The molecule has 0 fully saturated rings. The molecule has 31 heavy (non-hydrogen) atoms. The predicted molar refractivity (Wildman–Crippen MR) is 114 cm³/mol. The summed E-state index contributed by atoms with van der Waals surface area (Å²) in [5.41, 5.74) is 0. The van der Waals surface area contributed by atoms with Crippen molar-refractivity contribution in [1.82, 2.24) is 0 Å². The molecule has 0 saturated heterocycles. The average Bonchev–Trinajstić information content (AvgIpc) is 2.61. The van der Waals surface area contributed by atoms with Crippen molar-refractivity contribution in [2.24, 2.45) is 0 Å². The molecule has 0 bridgehead atoms. The molecule has 0 aliphatic rings. The van der Waals surface area contributed by atoms with Crippen molar-refractivity contribution < 1.29 is 57.7 Å². The topological polar surface area (TPSA) is 153 Å². The molecule has 0 aromatic heterocycles. The van der Waals surface area contributed by atoms with Crippen LogP contribution >= 0.6 is 0 Å². The molecule has 17 heteroatoms. The van der Waals surface area contributed by atoms with Crippen LogP contribution in [-0.2, 0) is 43.3 Å². The summed E-state index contributed by atoms with van der Waals surface area (Å²) in [6.07, 6.45) is 0. The summed E-state index contributed by atoms with van der Waals surface area (Å²) in [6, 6.07) is 0. The van der Waals surface area contributed by atoms with Crippen molar-refractivity contribution in [2.75, 3.05) is 46.2 Å². The molecule has 0 aromatic carbocycles. The minimum absolute atomic E-state index is 0.00954. The molecule has 0 unspecified atom stereocenters. The van der Waals surface area contributed by atoms with Crippen LogP contribution in [0.2, 0.25) is 0 Å². The van der Waals surface area contributed by atoms with Crippen molar-refractivity contribution in [2.45, 2.75) is 48.5 Å². The minimum atomic E-state index is -5.16. The van der Waals surface area contributed by atoms with Gasteiger partial charge in [-0.3, -0.25) is 0 Å². The van der Waals surface area contributed by atoms with Crippen LogP contribution in [0.25, 0.3) is 0 Å². The summed E-state index contributed by atoms with van der Waals surface area (Å²) >= 11 is 0. The second kappa shape index (κ2) is 15.3. The van der Waals surface area contributed by atoms with E-state index in [2.05, 4.69) is 0 Å². The molecular weight excluding hydrogens is 488 g/mol. The molecule has 0 aliphatic carbocycles. The summed E-state index contributed by atoms with van der Waals surface area (Å²) < 4.78 is 56.7. The van der Waals surface area contributed by atoms with E-state index in [1.165, 1.54) is 0 Å². The first kappa shape index (κ1) is 31.3. The fraction of sp³-hybridized carbons (Fsp3) is 1.00. The van der Waals surface area contributed by atoms with E-state index in [0.29, 0.717) is 0 Å². The van der Waals surface area contributed by atoms with Gasteiger partial charge in [0.05, 0.1) is 0 Å². The molecule has 0 spiro atoms. The van der Waals surface area contributed by atoms with Gasteiger partial charge < -0.3 is 57.7 Å². The molecule has 188 valence electrons. The van der Waals surface area contributed by atoms with Gasteiger partial charge >= 0.3 is 36.2 Å². The second-order valence-electron chi connectivity index (χ2n) is 5.41. The van der Waals surface area contributed by atoms with Crippen LogP contribution in [0.3, 0.4) is 0 Å². The van der Waals surface area contributed by atoms with Crippen LogP contribution < -0.4 is 0 Å². The van der Waals surface area contributed by atoms with Gasteiger partial charge in [-0.2, -0.15) is 0 Å². The SMILES string of the molecule is CCO[Si](OCC)(OCC)O[Si](OCC)(OCC)O[Si](OCC)(OCC)O[Si](O)(O)O. The van der Waals surface area contributed by atoms with Crippen LogP contribution in [0.4, 0.5) is 0 Å². The third-order valence-corrected chi connectivity index (χ3v) is 13.6. The Morgan fingerprint density at radius 2 is 0.613 bits per heavy atom. The quantitative estimate of drug-likeness (QED) is 0.183. The summed E-state index contributed by atoms with van der Waals surface area (Å²) in [6.45, 7) is 12.5. The van der Waals surface area contributed by atoms with E-state index in [1.807, 2.05) is 0 Å². The second-order valence-corrected chi connectivity index (χ2v) is 14.0. The Morgan fingerprint density at radius 3 is 0.871 bits per heavy atom. The zero-order valence-corrected chi connectivity index (χ0v) is 23.4. The summed E-state index contributed by atoms with van der Waals surface area (Å²) in [5.74, 6) is 0. The highest BCUT2D eigenvalue weighted by Crippen LogP contribution is 2.28. The molecular formula is C14H38O13Si4. The third-order valence-electron chi connectivity index (χ3n) is 3.01. The van der Waals surface area contributed by atoms with Crippen LogP contribution in [0.1, 0.15) is 48.5 Å². The highest BCUT2D eigenvalue weighted by Gasteiger charge is 2.67. The molecule has 0 saturated carbocycles. The van der Waals surface area contributed by atoms with Gasteiger partial charge in [0.1, 0.15) is 0 Å². The van der Waals surface area contributed by atoms with Crippen molar-refractivity contribution in [1.29, 1.82) is 0 Å². The number of hydrogen-bond acceptors (Lipinski definition) is 13. The summed E-state index contributed by atoms with van der Waals surface area (Å²) in [5, 5.41) is 0. The molecule has 0 rings (SSSR count). The maximum Gasteiger partial charge on any atom is 0.673 e. The van der Waals surface area contributed by atoms with Crippen LogP contribution in [0.15, 0.2) is 0 Å².